The standard InChI is InChI=1S/C14H23N/c1-6-15(7-2)14(4,5)13-10-8-9-12(3)11-13/h8-11H,6-7H2,1-5H3. The molecule has 1 heteroatoms. The summed E-state index contributed by atoms with van der Waals surface area (Å²) in [6.07, 6.45) is 0. The Balaban J connectivity index is 3.03. The van der Waals surface area contributed by atoms with Gasteiger partial charge in [0.25, 0.3) is 0 Å². The molecule has 0 saturated carbocycles. The van der Waals surface area contributed by atoms with Crippen LogP contribution in [-0.4, -0.2) is 18.0 Å². The highest BCUT2D eigenvalue weighted by Gasteiger charge is 2.26. The van der Waals surface area contributed by atoms with E-state index < -0.39 is 0 Å². The van der Waals surface area contributed by atoms with Crippen LogP contribution in [0.2, 0.25) is 0 Å². The fourth-order valence-electron chi connectivity index (χ4n) is 2.22. The predicted octanol–water partition coefficient (Wildman–Crippen LogP) is 3.57. The number of aryl methyl sites for hydroxylation is 1. The summed E-state index contributed by atoms with van der Waals surface area (Å²) in [5, 5.41) is 0. The van der Waals surface area contributed by atoms with E-state index in [1.54, 1.807) is 0 Å². The van der Waals surface area contributed by atoms with Crippen LogP contribution in [0.3, 0.4) is 0 Å². The van der Waals surface area contributed by atoms with Crippen LogP contribution in [-0.2, 0) is 5.54 Å². The highest BCUT2D eigenvalue weighted by atomic mass is 15.2. The molecule has 1 rings (SSSR count). The Bertz CT molecular complexity index is 311. The molecule has 0 aromatic heterocycles. The molecule has 84 valence electrons. The molecular weight excluding hydrogens is 182 g/mol. The predicted molar refractivity (Wildman–Crippen MR) is 67.1 cm³/mol. The third-order valence-corrected chi connectivity index (χ3v) is 3.28. The van der Waals surface area contributed by atoms with E-state index in [4.69, 9.17) is 0 Å². The molecule has 0 radical (unpaired) electrons. The van der Waals surface area contributed by atoms with Crippen LogP contribution in [0.5, 0.6) is 0 Å². The Labute approximate surface area is 94.1 Å². The third-order valence-electron chi connectivity index (χ3n) is 3.28. The van der Waals surface area contributed by atoms with Gasteiger partial charge in [-0.05, 0) is 39.4 Å². The summed E-state index contributed by atoms with van der Waals surface area (Å²) >= 11 is 0. The first-order valence-electron chi connectivity index (χ1n) is 5.84. The summed E-state index contributed by atoms with van der Waals surface area (Å²) in [5.41, 5.74) is 2.88. The minimum Gasteiger partial charge on any atom is -0.295 e. The second-order valence-electron chi connectivity index (χ2n) is 4.60. The van der Waals surface area contributed by atoms with Gasteiger partial charge in [-0.2, -0.15) is 0 Å². The van der Waals surface area contributed by atoms with Gasteiger partial charge in [-0.1, -0.05) is 43.7 Å². The van der Waals surface area contributed by atoms with Crippen LogP contribution in [0.1, 0.15) is 38.8 Å². The van der Waals surface area contributed by atoms with Gasteiger partial charge in [-0.25, -0.2) is 0 Å². The van der Waals surface area contributed by atoms with Crippen molar-refractivity contribution >= 4 is 0 Å². The molecule has 1 nitrogen and oxygen atoms in total. The van der Waals surface area contributed by atoms with Gasteiger partial charge in [-0.3, -0.25) is 4.90 Å². The molecule has 0 saturated heterocycles. The number of hydrogen-bond donors (Lipinski definition) is 0. The second-order valence-corrected chi connectivity index (χ2v) is 4.60. The maximum Gasteiger partial charge on any atom is 0.0404 e. The summed E-state index contributed by atoms with van der Waals surface area (Å²) in [5.74, 6) is 0. The van der Waals surface area contributed by atoms with E-state index in [2.05, 4.69) is 63.8 Å². The van der Waals surface area contributed by atoms with E-state index in [-0.39, 0.29) is 5.54 Å². The van der Waals surface area contributed by atoms with Gasteiger partial charge in [0.1, 0.15) is 0 Å². The summed E-state index contributed by atoms with van der Waals surface area (Å²) in [6, 6.07) is 8.82. The molecule has 0 aliphatic rings. The number of benzene rings is 1. The van der Waals surface area contributed by atoms with Gasteiger partial charge in [0.05, 0.1) is 0 Å². The van der Waals surface area contributed by atoms with E-state index >= 15 is 0 Å². The highest BCUT2D eigenvalue weighted by molar-refractivity contribution is 5.27. The Morgan fingerprint density at radius 3 is 2.20 bits per heavy atom. The zero-order chi connectivity index (χ0) is 11.5. The Hall–Kier alpha value is -0.820. The molecule has 0 aliphatic carbocycles. The quantitative estimate of drug-likeness (QED) is 0.726. The van der Waals surface area contributed by atoms with Gasteiger partial charge in [0.15, 0.2) is 0 Å². The van der Waals surface area contributed by atoms with Crippen molar-refractivity contribution in [2.45, 2.75) is 40.2 Å². The van der Waals surface area contributed by atoms with E-state index in [1.165, 1.54) is 11.1 Å². The summed E-state index contributed by atoms with van der Waals surface area (Å²) in [7, 11) is 0. The first kappa shape index (κ1) is 12.3. The van der Waals surface area contributed by atoms with Crippen LogP contribution in [0, 0.1) is 6.92 Å². The first-order chi connectivity index (χ1) is 7.02. The molecule has 1 aromatic rings. The van der Waals surface area contributed by atoms with Crippen molar-refractivity contribution in [2.75, 3.05) is 13.1 Å². The third kappa shape index (κ3) is 2.60. The lowest BCUT2D eigenvalue weighted by Gasteiger charge is -2.38. The minimum absolute atomic E-state index is 0.134. The van der Waals surface area contributed by atoms with Crippen LogP contribution in [0.4, 0.5) is 0 Å². The number of hydrogen-bond acceptors (Lipinski definition) is 1. The molecule has 0 spiro atoms. The molecule has 15 heavy (non-hydrogen) atoms. The Morgan fingerprint density at radius 1 is 1.13 bits per heavy atom. The number of nitrogens with zero attached hydrogens (tertiary/aromatic N) is 1. The zero-order valence-corrected chi connectivity index (χ0v) is 10.7. The lowest BCUT2D eigenvalue weighted by atomic mass is 9.91. The molecule has 0 aliphatic heterocycles. The van der Waals surface area contributed by atoms with Crippen molar-refractivity contribution < 1.29 is 0 Å². The number of rotatable bonds is 4. The molecule has 0 amide bonds. The van der Waals surface area contributed by atoms with Crippen molar-refractivity contribution in [3.63, 3.8) is 0 Å². The normalized spacial score (nSPS) is 12.1. The van der Waals surface area contributed by atoms with Crippen LogP contribution in [0.25, 0.3) is 0 Å². The Morgan fingerprint density at radius 2 is 1.73 bits per heavy atom. The molecule has 1 aromatic carbocycles. The summed E-state index contributed by atoms with van der Waals surface area (Å²) in [6.45, 7) is 13.4. The molecular formula is C14H23N. The monoisotopic (exact) mass is 205 g/mol. The first-order valence-corrected chi connectivity index (χ1v) is 5.84. The summed E-state index contributed by atoms with van der Waals surface area (Å²) < 4.78 is 0. The van der Waals surface area contributed by atoms with Crippen molar-refractivity contribution in [1.29, 1.82) is 0 Å². The van der Waals surface area contributed by atoms with E-state index in [0.717, 1.165) is 13.1 Å². The van der Waals surface area contributed by atoms with Crippen LogP contribution in [0.15, 0.2) is 24.3 Å². The van der Waals surface area contributed by atoms with E-state index in [9.17, 15) is 0 Å². The summed E-state index contributed by atoms with van der Waals surface area (Å²) in [4.78, 5) is 2.49. The van der Waals surface area contributed by atoms with E-state index in [1.807, 2.05) is 0 Å². The fourth-order valence-corrected chi connectivity index (χ4v) is 2.22. The zero-order valence-electron chi connectivity index (χ0n) is 10.7. The van der Waals surface area contributed by atoms with Crippen molar-refractivity contribution in [3.8, 4) is 0 Å². The average molecular weight is 205 g/mol. The SMILES string of the molecule is CCN(CC)C(C)(C)c1cccc(C)c1. The Kier molecular flexibility index (Phi) is 3.92. The molecule has 0 heterocycles. The maximum absolute atomic E-state index is 2.49. The van der Waals surface area contributed by atoms with Crippen LogP contribution >= 0.6 is 0 Å². The van der Waals surface area contributed by atoms with Crippen molar-refractivity contribution in [1.82, 2.24) is 4.90 Å². The van der Waals surface area contributed by atoms with Crippen molar-refractivity contribution in [3.05, 3.63) is 35.4 Å². The second kappa shape index (κ2) is 4.80. The molecule has 0 N–H and O–H groups in total. The fraction of sp³-hybridized carbons (Fsp3) is 0.571. The highest BCUT2D eigenvalue weighted by Crippen LogP contribution is 2.27. The van der Waals surface area contributed by atoms with Gasteiger partial charge >= 0.3 is 0 Å². The molecule has 0 atom stereocenters. The van der Waals surface area contributed by atoms with Gasteiger partial charge < -0.3 is 0 Å². The molecule has 0 fully saturated rings. The van der Waals surface area contributed by atoms with E-state index in [0.29, 0.717) is 0 Å². The topological polar surface area (TPSA) is 3.24 Å². The van der Waals surface area contributed by atoms with Gasteiger partial charge in [0.2, 0.25) is 0 Å². The molecule has 0 unspecified atom stereocenters. The smallest absolute Gasteiger partial charge is 0.0404 e. The average Bonchev–Trinajstić information content (AvgIpc) is 2.19. The van der Waals surface area contributed by atoms with Crippen molar-refractivity contribution in [2.24, 2.45) is 0 Å². The largest absolute Gasteiger partial charge is 0.295 e. The minimum atomic E-state index is 0.134. The van der Waals surface area contributed by atoms with Gasteiger partial charge in [0, 0.05) is 5.54 Å². The van der Waals surface area contributed by atoms with Crippen LogP contribution < -0.4 is 0 Å². The molecule has 0 bridgehead atoms. The lowest BCUT2D eigenvalue weighted by Crippen LogP contribution is -2.41. The van der Waals surface area contributed by atoms with Gasteiger partial charge in [-0.15, -0.1) is 0 Å². The lowest BCUT2D eigenvalue weighted by molar-refractivity contribution is 0.135. The maximum atomic E-state index is 2.49.